The maximum atomic E-state index is 12.4. The average Bonchev–Trinajstić information content (AvgIpc) is 2.94. The molecule has 1 aliphatic heterocycles. The molecule has 0 bridgehead atoms. The number of carbonyl (C=O) groups excluding carboxylic acids is 2. The van der Waals surface area contributed by atoms with Crippen LogP contribution in [-0.4, -0.2) is 50.0 Å². The van der Waals surface area contributed by atoms with E-state index in [0.29, 0.717) is 13.1 Å². The fourth-order valence-electron chi connectivity index (χ4n) is 2.55. The lowest BCUT2D eigenvalue weighted by molar-refractivity contribution is -0.136. The topological polar surface area (TPSA) is 75.9 Å². The largest absolute Gasteiger partial charge is 0.497 e. The third kappa shape index (κ3) is 4.14. The first-order valence-electron chi connectivity index (χ1n) is 7.39. The summed E-state index contributed by atoms with van der Waals surface area (Å²) < 4.78 is 5.11. The van der Waals surface area contributed by atoms with E-state index in [1.807, 2.05) is 19.1 Å². The van der Waals surface area contributed by atoms with Crippen LogP contribution in [0, 0.1) is 5.92 Å². The maximum absolute atomic E-state index is 12.4. The number of rotatable bonds is 5. The van der Waals surface area contributed by atoms with Gasteiger partial charge >= 0.3 is 0 Å². The van der Waals surface area contributed by atoms with Crippen LogP contribution >= 0.6 is 12.4 Å². The summed E-state index contributed by atoms with van der Waals surface area (Å²) in [6.45, 7) is 2.71. The van der Waals surface area contributed by atoms with E-state index in [4.69, 9.17) is 10.5 Å². The van der Waals surface area contributed by atoms with Crippen LogP contribution in [-0.2, 0) is 9.59 Å². The Morgan fingerprint density at radius 2 is 2.04 bits per heavy atom. The number of ether oxygens (including phenoxy) is 1. The predicted octanol–water partition coefficient (Wildman–Crippen LogP) is 1.28. The lowest BCUT2D eigenvalue weighted by atomic mass is 10.1. The summed E-state index contributed by atoms with van der Waals surface area (Å²) in [5.41, 5.74) is 6.39. The number of nitrogens with zero attached hydrogens (tertiary/aromatic N) is 2. The maximum Gasteiger partial charge on any atom is 0.228 e. The van der Waals surface area contributed by atoms with Gasteiger partial charge in [0.1, 0.15) is 5.75 Å². The van der Waals surface area contributed by atoms with Crippen LogP contribution in [0.5, 0.6) is 5.75 Å². The van der Waals surface area contributed by atoms with Gasteiger partial charge in [-0.2, -0.15) is 0 Å². The summed E-state index contributed by atoms with van der Waals surface area (Å²) in [7, 11) is 3.33. The van der Waals surface area contributed by atoms with Gasteiger partial charge in [0.25, 0.3) is 0 Å². The summed E-state index contributed by atoms with van der Waals surface area (Å²) >= 11 is 0. The van der Waals surface area contributed by atoms with Crippen molar-refractivity contribution in [3.63, 3.8) is 0 Å². The van der Waals surface area contributed by atoms with Crippen LogP contribution in [0.15, 0.2) is 24.3 Å². The summed E-state index contributed by atoms with van der Waals surface area (Å²) in [5, 5.41) is 0. The van der Waals surface area contributed by atoms with E-state index < -0.39 is 0 Å². The summed E-state index contributed by atoms with van der Waals surface area (Å²) in [4.78, 5) is 27.9. The molecule has 2 unspecified atom stereocenters. The van der Waals surface area contributed by atoms with Crippen molar-refractivity contribution in [1.29, 1.82) is 0 Å². The third-order valence-corrected chi connectivity index (χ3v) is 4.21. The highest BCUT2D eigenvalue weighted by Crippen LogP contribution is 2.27. The minimum Gasteiger partial charge on any atom is -0.497 e. The molecule has 7 heteroatoms. The zero-order valence-electron chi connectivity index (χ0n) is 13.7. The molecule has 6 nitrogen and oxygen atoms in total. The van der Waals surface area contributed by atoms with Gasteiger partial charge in [-0.1, -0.05) is 0 Å². The van der Waals surface area contributed by atoms with Gasteiger partial charge in [-0.15, -0.1) is 12.4 Å². The quantitative estimate of drug-likeness (QED) is 0.875. The fourth-order valence-corrected chi connectivity index (χ4v) is 2.55. The van der Waals surface area contributed by atoms with Crippen LogP contribution in [0.1, 0.15) is 13.3 Å². The van der Waals surface area contributed by atoms with Crippen molar-refractivity contribution in [1.82, 2.24) is 4.90 Å². The standard InChI is InChI=1S/C16H23N3O3.ClH/c1-11(9-17)18(2)16(21)12-8-15(20)19(10-12)13-4-6-14(22-3)7-5-13;/h4-7,11-12H,8-10,17H2,1-3H3;1H. The Labute approximate surface area is 143 Å². The highest BCUT2D eigenvalue weighted by molar-refractivity contribution is 6.00. The first-order valence-corrected chi connectivity index (χ1v) is 7.39. The highest BCUT2D eigenvalue weighted by Gasteiger charge is 2.37. The minimum absolute atomic E-state index is 0. The number of amides is 2. The average molecular weight is 342 g/mol. The predicted molar refractivity (Wildman–Crippen MR) is 92.0 cm³/mol. The van der Waals surface area contributed by atoms with Gasteiger partial charge in [0.05, 0.1) is 13.0 Å². The molecule has 1 aromatic rings. The second-order valence-electron chi connectivity index (χ2n) is 5.64. The molecule has 23 heavy (non-hydrogen) atoms. The molecule has 2 amide bonds. The van der Waals surface area contributed by atoms with Gasteiger partial charge in [0.15, 0.2) is 0 Å². The molecule has 1 aromatic carbocycles. The number of benzene rings is 1. The number of carbonyl (C=O) groups is 2. The van der Waals surface area contributed by atoms with Crippen LogP contribution < -0.4 is 15.4 Å². The molecule has 1 saturated heterocycles. The molecule has 1 fully saturated rings. The third-order valence-electron chi connectivity index (χ3n) is 4.21. The summed E-state index contributed by atoms with van der Waals surface area (Å²) in [5.74, 6) is 0.368. The number of anilines is 1. The Bertz CT molecular complexity index is 550. The normalized spacial score (nSPS) is 18.3. The summed E-state index contributed by atoms with van der Waals surface area (Å²) in [6.07, 6.45) is 0.243. The molecule has 0 saturated carbocycles. The SMILES string of the molecule is COc1ccc(N2CC(C(=O)N(C)C(C)CN)CC2=O)cc1.Cl. The molecular weight excluding hydrogens is 318 g/mol. The van der Waals surface area contributed by atoms with Gasteiger partial charge in [0, 0.05) is 38.3 Å². The Hall–Kier alpha value is -1.79. The molecule has 2 atom stereocenters. The van der Waals surface area contributed by atoms with Crippen molar-refractivity contribution in [3.8, 4) is 5.75 Å². The molecule has 128 valence electrons. The van der Waals surface area contributed by atoms with E-state index in [1.54, 1.807) is 36.1 Å². The molecule has 0 aromatic heterocycles. The Balaban J connectivity index is 0.00000264. The first-order chi connectivity index (χ1) is 10.5. The molecule has 1 aliphatic rings. The van der Waals surface area contributed by atoms with E-state index in [-0.39, 0.29) is 42.6 Å². The molecule has 2 N–H and O–H groups in total. The van der Waals surface area contributed by atoms with Crippen molar-refractivity contribution in [3.05, 3.63) is 24.3 Å². The monoisotopic (exact) mass is 341 g/mol. The fraction of sp³-hybridized carbons (Fsp3) is 0.500. The second-order valence-corrected chi connectivity index (χ2v) is 5.64. The van der Waals surface area contributed by atoms with Crippen LogP contribution in [0.2, 0.25) is 0 Å². The second kappa shape index (κ2) is 8.17. The summed E-state index contributed by atoms with van der Waals surface area (Å²) in [6, 6.07) is 7.24. The number of halogens is 1. The van der Waals surface area contributed by atoms with E-state index in [9.17, 15) is 9.59 Å². The zero-order chi connectivity index (χ0) is 16.3. The van der Waals surface area contributed by atoms with Gasteiger partial charge in [-0.25, -0.2) is 0 Å². The number of hydrogen-bond acceptors (Lipinski definition) is 4. The number of methoxy groups -OCH3 is 1. The zero-order valence-corrected chi connectivity index (χ0v) is 14.5. The van der Waals surface area contributed by atoms with E-state index in [1.165, 1.54) is 0 Å². The van der Waals surface area contributed by atoms with Gasteiger partial charge < -0.3 is 20.3 Å². The molecular formula is C16H24ClN3O3. The lowest BCUT2D eigenvalue weighted by Crippen LogP contribution is -2.43. The van der Waals surface area contributed by atoms with Gasteiger partial charge in [0.2, 0.25) is 11.8 Å². The number of nitrogens with two attached hydrogens (primary N) is 1. The minimum atomic E-state index is -0.311. The van der Waals surface area contributed by atoms with Crippen LogP contribution in [0.4, 0.5) is 5.69 Å². The number of hydrogen-bond donors (Lipinski definition) is 1. The van der Waals surface area contributed by atoms with E-state index in [2.05, 4.69) is 0 Å². The smallest absolute Gasteiger partial charge is 0.228 e. The van der Waals surface area contributed by atoms with Crippen molar-refractivity contribution in [2.45, 2.75) is 19.4 Å². The van der Waals surface area contributed by atoms with Crippen molar-refractivity contribution < 1.29 is 14.3 Å². The molecule has 0 spiro atoms. The van der Waals surface area contributed by atoms with Crippen molar-refractivity contribution >= 4 is 29.9 Å². The lowest BCUT2D eigenvalue weighted by Gasteiger charge is -2.26. The Morgan fingerprint density at radius 1 is 1.43 bits per heavy atom. The number of likely N-dealkylation sites (N-methyl/N-ethyl adjacent to an activating group) is 1. The molecule has 0 radical (unpaired) electrons. The molecule has 0 aliphatic carbocycles. The highest BCUT2D eigenvalue weighted by atomic mass is 35.5. The molecule has 1 heterocycles. The molecule has 2 rings (SSSR count). The van der Waals surface area contributed by atoms with Crippen LogP contribution in [0.25, 0.3) is 0 Å². The van der Waals surface area contributed by atoms with Gasteiger partial charge in [-0.05, 0) is 31.2 Å². The van der Waals surface area contributed by atoms with Crippen molar-refractivity contribution in [2.24, 2.45) is 11.7 Å². The van der Waals surface area contributed by atoms with Gasteiger partial charge in [-0.3, -0.25) is 9.59 Å². The van der Waals surface area contributed by atoms with Crippen molar-refractivity contribution in [2.75, 3.05) is 32.1 Å². The Kier molecular flexibility index (Phi) is 6.84. The Morgan fingerprint density at radius 3 is 2.57 bits per heavy atom. The van der Waals surface area contributed by atoms with E-state index >= 15 is 0 Å². The van der Waals surface area contributed by atoms with Crippen LogP contribution in [0.3, 0.4) is 0 Å². The first kappa shape index (κ1) is 19.3. The van der Waals surface area contributed by atoms with E-state index in [0.717, 1.165) is 11.4 Å².